The van der Waals surface area contributed by atoms with Crippen LogP contribution < -0.4 is 5.48 Å². The SMILES string of the molecule is O=C(NO)c1cnc(C2CCCOC2)nc1. The number of aromatic nitrogens is 2. The molecule has 6 nitrogen and oxygen atoms in total. The molecule has 86 valence electrons. The molecular weight excluding hydrogens is 210 g/mol. The lowest BCUT2D eigenvalue weighted by atomic mass is 10.0. The predicted octanol–water partition coefficient (Wildman–Crippen LogP) is 0.490. The second kappa shape index (κ2) is 5.00. The fourth-order valence-electron chi connectivity index (χ4n) is 1.68. The Hall–Kier alpha value is -1.53. The average Bonchev–Trinajstić information content (AvgIpc) is 2.39. The quantitative estimate of drug-likeness (QED) is 0.563. The number of nitrogens with one attached hydrogen (secondary N) is 1. The smallest absolute Gasteiger partial charge is 0.277 e. The highest BCUT2D eigenvalue weighted by Crippen LogP contribution is 2.21. The Morgan fingerprint density at radius 3 is 2.81 bits per heavy atom. The molecule has 1 aromatic heterocycles. The van der Waals surface area contributed by atoms with Gasteiger partial charge in [0, 0.05) is 24.9 Å². The molecule has 0 spiro atoms. The number of carbonyl (C=O) groups excluding carboxylic acids is 1. The maximum Gasteiger partial charge on any atom is 0.277 e. The molecule has 0 aromatic carbocycles. The standard InChI is InChI=1S/C10H13N3O3/c14-10(13-15)8-4-11-9(12-5-8)7-2-1-3-16-6-7/h4-5,7,15H,1-3,6H2,(H,13,14). The van der Waals surface area contributed by atoms with E-state index in [-0.39, 0.29) is 11.5 Å². The summed E-state index contributed by atoms with van der Waals surface area (Å²) >= 11 is 0. The molecule has 0 bridgehead atoms. The summed E-state index contributed by atoms with van der Waals surface area (Å²) in [6, 6.07) is 0. The molecule has 0 aliphatic carbocycles. The van der Waals surface area contributed by atoms with E-state index >= 15 is 0 Å². The Bertz CT molecular complexity index is 360. The lowest BCUT2D eigenvalue weighted by Crippen LogP contribution is -2.21. The van der Waals surface area contributed by atoms with E-state index in [2.05, 4.69) is 9.97 Å². The first-order valence-electron chi connectivity index (χ1n) is 5.15. The first-order chi connectivity index (χ1) is 7.81. The summed E-state index contributed by atoms with van der Waals surface area (Å²) in [6.45, 7) is 1.42. The molecule has 1 saturated heterocycles. The molecule has 2 N–H and O–H groups in total. The second-order valence-electron chi connectivity index (χ2n) is 3.68. The van der Waals surface area contributed by atoms with Crippen molar-refractivity contribution in [3.05, 3.63) is 23.8 Å². The molecule has 1 unspecified atom stereocenters. The third kappa shape index (κ3) is 2.34. The van der Waals surface area contributed by atoms with Crippen molar-refractivity contribution in [2.24, 2.45) is 0 Å². The molecule has 1 aromatic rings. The highest BCUT2D eigenvalue weighted by atomic mass is 16.5. The van der Waals surface area contributed by atoms with Gasteiger partial charge < -0.3 is 4.74 Å². The first kappa shape index (κ1) is 11.0. The van der Waals surface area contributed by atoms with Crippen molar-refractivity contribution in [2.45, 2.75) is 18.8 Å². The maximum absolute atomic E-state index is 11.0. The van der Waals surface area contributed by atoms with Crippen LogP contribution in [0, 0.1) is 0 Å². The number of ether oxygens (including phenoxy) is 1. The van der Waals surface area contributed by atoms with Gasteiger partial charge in [-0.05, 0) is 12.8 Å². The molecule has 16 heavy (non-hydrogen) atoms. The minimum absolute atomic E-state index is 0.208. The Morgan fingerprint density at radius 2 is 2.25 bits per heavy atom. The van der Waals surface area contributed by atoms with Crippen molar-refractivity contribution in [3.63, 3.8) is 0 Å². The van der Waals surface area contributed by atoms with Crippen LogP contribution in [0.5, 0.6) is 0 Å². The molecule has 1 amide bonds. The van der Waals surface area contributed by atoms with E-state index in [1.165, 1.54) is 17.9 Å². The number of hydroxylamine groups is 1. The van der Waals surface area contributed by atoms with E-state index in [1.54, 1.807) is 0 Å². The Kier molecular flexibility index (Phi) is 3.43. The monoisotopic (exact) mass is 223 g/mol. The van der Waals surface area contributed by atoms with E-state index in [0.717, 1.165) is 19.4 Å². The molecular formula is C10H13N3O3. The molecule has 1 aliphatic heterocycles. The zero-order chi connectivity index (χ0) is 11.4. The van der Waals surface area contributed by atoms with Crippen LogP contribution in [0.2, 0.25) is 0 Å². The summed E-state index contributed by atoms with van der Waals surface area (Å²) in [5, 5.41) is 8.43. The van der Waals surface area contributed by atoms with Gasteiger partial charge in [-0.1, -0.05) is 0 Å². The topological polar surface area (TPSA) is 84.3 Å². The van der Waals surface area contributed by atoms with Crippen molar-refractivity contribution in [3.8, 4) is 0 Å². The van der Waals surface area contributed by atoms with Crippen LogP contribution in [0.3, 0.4) is 0 Å². The van der Waals surface area contributed by atoms with Gasteiger partial charge in [-0.3, -0.25) is 10.0 Å². The van der Waals surface area contributed by atoms with Gasteiger partial charge >= 0.3 is 0 Å². The van der Waals surface area contributed by atoms with E-state index < -0.39 is 5.91 Å². The third-order valence-corrected chi connectivity index (χ3v) is 2.56. The first-order valence-corrected chi connectivity index (χ1v) is 5.15. The Balaban J connectivity index is 2.09. The second-order valence-corrected chi connectivity index (χ2v) is 3.68. The Labute approximate surface area is 92.6 Å². The lowest BCUT2D eigenvalue weighted by Gasteiger charge is -2.20. The number of carbonyl (C=O) groups is 1. The lowest BCUT2D eigenvalue weighted by molar-refractivity contribution is 0.0704. The van der Waals surface area contributed by atoms with Crippen LogP contribution in [0.15, 0.2) is 12.4 Å². The van der Waals surface area contributed by atoms with E-state index in [1.807, 2.05) is 0 Å². The van der Waals surface area contributed by atoms with E-state index in [0.29, 0.717) is 12.4 Å². The van der Waals surface area contributed by atoms with Crippen molar-refractivity contribution in [1.82, 2.24) is 15.4 Å². The largest absolute Gasteiger partial charge is 0.381 e. The van der Waals surface area contributed by atoms with Crippen molar-refractivity contribution in [2.75, 3.05) is 13.2 Å². The molecule has 0 saturated carbocycles. The summed E-state index contributed by atoms with van der Waals surface area (Å²) in [5.41, 5.74) is 1.78. The summed E-state index contributed by atoms with van der Waals surface area (Å²) < 4.78 is 5.34. The fraction of sp³-hybridized carbons (Fsp3) is 0.500. The molecule has 6 heteroatoms. The zero-order valence-electron chi connectivity index (χ0n) is 8.72. The van der Waals surface area contributed by atoms with Gasteiger partial charge in [-0.25, -0.2) is 15.4 Å². The summed E-state index contributed by atoms with van der Waals surface area (Å²) in [7, 11) is 0. The van der Waals surface area contributed by atoms with Gasteiger partial charge in [0.25, 0.3) is 5.91 Å². The van der Waals surface area contributed by atoms with Crippen LogP contribution in [-0.2, 0) is 4.74 Å². The summed E-state index contributed by atoms with van der Waals surface area (Å²) in [5.74, 6) is 0.292. The number of hydrogen-bond donors (Lipinski definition) is 2. The van der Waals surface area contributed by atoms with Gasteiger partial charge in [0.05, 0.1) is 12.2 Å². The van der Waals surface area contributed by atoms with Crippen LogP contribution in [0.1, 0.15) is 34.9 Å². The highest BCUT2D eigenvalue weighted by Gasteiger charge is 2.18. The molecule has 2 heterocycles. The van der Waals surface area contributed by atoms with Crippen LogP contribution in [0.4, 0.5) is 0 Å². The minimum atomic E-state index is -0.605. The predicted molar refractivity (Wildman–Crippen MR) is 54.1 cm³/mol. The van der Waals surface area contributed by atoms with Gasteiger partial charge in [0.15, 0.2) is 0 Å². The van der Waals surface area contributed by atoms with Gasteiger partial charge in [0.1, 0.15) is 5.82 Å². The molecule has 2 rings (SSSR count). The van der Waals surface area contributed by atoms with E-state index in [9.17, 15) is 4.79 Å². The van der Waals surface area contributed by atoms with Crippen LogP contribution in [-0.4, -0.2) is 34.3 Å². The van der Waals surface area contributed by atoms with Crippen molar-refractivity contribution >= 4 is 5.91 Å². The number of hydrogen-bond acceptors (Lipinski definition) is 5. The molecule has 1 fully saturated rings. The van der Waals surface area contributed by atoms with Gasteiger partial charge in [-0.2, -0.15) is 0 Å². The average molecular weight is 223 g/mol. The fourth-order valence-corrected chi connectivity index (χ4v) is 1.68. The number of rotatable bonds is 2. The highest BCUT2D eigenvalue weighted by molar-refractivity contribution is 5.92. The Morgan fingerprint density at radius 1 is 1.50 bits per heavy atom. The number of nitrogens with zero attached hydrogens (tertiary/aromatic N) is 2. The third-order valence-electron chi connectivity index (χ3n) is 2.56. The summed E-state index contributed by atoms with van der Waals surface area (Å²) in [6.07, 6.45) is 4.82. The zero-order valence-corrected chi connectivity index (χ0v) is 8.72. The minimum Gasteiger partial charge on any atom is -0.381 e. The van der Waals surface area contributed by atoms with E-state index in [4.69, 9.17) is 9.94 Å². The van der Waals surface area contributed by atoms with Crippen molar-refractivity contribution < 1.29 is 14.7 Å². The maximum atomic E-state index is 11.0. The van der Waals surface area contributed by atoms with Gasteiger partial charge in [0.2, 0.25) is 0 Å². The molecule has 0 radical (unpaired) electrons. The summed E-state index contributed by atoms with van der Waals surface area (Å²) in [4.78, 5) is 19.3. The molecule has 1 atom stereocenters. The van der Waals surface area contributed by atoms with Crippen LogP contribution in [0.25, 0.3) is 0 Å². The number of amides is 1. The molecule has 1 aliphatic rings. The van der Waals surface area contributed by atoms with Gasteiger partial charge in [-0.15, -0.1) is 0 Å². The normalized spacial score (nSPS) is 20.4. The van der Waals surface area contributed by atoms with Crippen molar-refractivity contribution in [1.29, 1.82) is 0 Å². The van der Waals surface area contributed by atoms with Crippen LogP contribution >= 0.6 is 0 Å².